The maximum Gasteiger partial charge on any atom is 0.00932 e. The van der Waals surface area contributed by atoms with Crippen molar-refractivity contribution in [2.75, 3.05) is 26.2 Å². The van der Waals surface area contributed by atoms with Crippen molar-refractivity contribution in [3.63, 3.8) is 0 Å². The van der Waals surface area contributed by atoms with E-state index in [9.17, 15) is 0 Å². The zero-order valence-electron chi connectivity index (χ0n) is 13.5. The van der Waals surface area contributed by atoms with Gasteiger partial charge in [0.05, 0.1) is 0 Å². The van der Waals surface area contributed by atoms with Gasteiger partial charge in [0, 0.05) is 12.6 Å². The van der Waals surface area contributed by atoms with Gasteiger partial charge < -0.3 is 10.2 Å². The predicted octanol–water partition coefficient (Wildman–Crippen LogP) is 3.52. The van der Waals surface area contributed by atoms with E-state index in [0.717, 1.165) is 17.9 Å². The largest absolute Gasteiger partial charge is 0.313 e. The molecule has 2 fully saturated rings. The summed E-state index contributed by atoms with van der Waals surface area (Å²) in [5.74, 6) is 1.63. The molecule has 3 atom stereocenters. The molecule has 1 aliphatic carbocycles. The van der Waals surface area contributed by atoms with Gasteiger partial charge in [0.1, 0.15) is 0 Å². The van der Waals surface area contributed by atoms with Gasteiger partial charge in [0.25, 0.3) is 0 Å². The van der Waals surface area contributed by atoms with Gasteiger partial charge in [-0.25, -0.2) is 0 Å². The van der Waals surface area contributed by atoms with Crippen molar-refractivity contribution in [2.24, 2.45) is 17.3 Å². The maximum atomic E-state index is 3.86. The Hall–Kier alpha value is -0.0800. The summed E-state index contributed by atoms with van der Waals surface area (Å²) >= 11 is 0. The molecule has 112 valence electrons. The summed E-state index contributed by atoms with van der Waals surface area (Å²) in [4.78, 5) is 2.64. The number of nitrogens with one attached hydrogen (secondary N) is 1. The summed E-state index contributed by atoms with van der Waals surface area (Å²) < 4.78 is 0. The van der Waals surface area contributed by atoms with Gasteiger partial charge in [-0.2, -0.15) is 0 Å². The van der Waals surface area contributed by atoms with Crippen LogP contribution in [0, 0.1) is 17.3 Å². The van der Waals surface area contributed by atoms with Crippen LogP contribution in [0.5, 0.6) is 0 Å². The van der Waals surface area contributed by atoms with E-state index in [1.807, 2.05) is 0 Å². The maximum absolute atomic E-state index is 3.86. The smallest absolute Gasteiger partial charge is 0.00932 e. The molecule has 3 unspecified atom stereocenters. The summed E-state index contributed by atoms with van der Waals surface area (Å²) in [6.07, 6.45) is 6.95. The van der Waals surface area contributed by atoms with E-state index >= 15 is 0 Å². The lowest BCUT2D eigenvalue weighted by Gasteiger charge is -2.40. The number of hydrogen-bond donors (Lipinski definition) is 1. The Bertz CT molecular complexity index is 268. The molecule has 2 nitrogen and oxygen atoms in total. The van der Waals surface area contributed by atoms with Crippen LogP contribution in [0.3, 0.4) is 0 Å². The molecule has 1 saturated heterocycles. The van der Waals surface area contributed by atoms with Crippen LogP contribution in [0.15, 0.2) is 0 Å². The normalized spacial score (nSPS) is 33.5. The molecule has 0 amide bonds. The molecule has 1 saturated carbocycles. The second kappa shape index (κ2) is 6.58. The molecular weight excluding hydrogens is 232 g/mol. The molecule has 2 heteroatoms. The van der Waals surface area contributed by atoms with Gasteiger partial charge in [-0.1, -0.05) is 27.7 Å². The number of rotatable bonds is 5. The van der Waals surface area contributed by atoms with Gasteiger partial charge in [-0.15, -0.1) is 0 Å². The average molecular weight is 266 g/mol. The van der Waals surface area contributed by atoms with Crippen LogP contribution in [0.4, 0.5) is 0 Å². The van der Waals surface area contributed by atoms with E-state index in [-0.39, 0.29) is 0 Å². The van der Waals surface area contributed by atoms with Gasteiger partial charge in [-0.05, 0) is 69.0 Å². The van der Waals surface area contributed by atoms with Crippen LogP contribution < -0.4 is 5.32 Å². The first-order valence-corrected chi connectivity index (χ1v) is 8.42. The highest BCUT2D eigenvalue weighted by molar-refractivity contribution is 4.87. The molecule has 2 rings (SSSR count). The van der Waals surface area contributed by atoms with Crippen molar-refractivity contribution in [3.8, 4) is 0 Å². The Morgan fingerprint density at radius 2 is 1.95 bits per heavy atom. The Kier molecular flexibility index (Phi) is 5.30. The molecule has 1 N–H and O–H groups in total. The zero-order valence-corrected chi connectivity index (χ0v) is 13.5. The first-order chi connectivity index (χ1) is 8.96. The Balaban J connectivity index is 1.67. The SMILES string of the molecule is CC(CNC1CCC(C)(C)CC1C)CN1CCCC1. The van der Waals surface area contributed by atoms with E-state index in [0.29, 0.717) is 5.41 Å². The molecular formula is C17H34N2. The Morgan fingerprint density at radius 1 is 1.26 bits per heavy atom. The lowest BCUT2D eigenvalue weighted by atomic mass is 9.70. The standard InChI is InChI=1S/C17H34N2/c1-14(13-19-9-5-6-10-19)12-18-16-7-8-17(3,4)11-15(16)2/h14-16,18H,5-13H2,1-4H3. The first-order valence-electron chi connectivity index (χ1n) is 8.42. The molecule has 0 spiro atoms. The fourth-order valence-corrected chi connectivity index (χ4v) is 4.07. The van der Waals surface area contributed by atoms with Crippen molar-refractivity contribution >= 4 is 0 Å². The lowest BCUT2D eigenvalue weighted by molar-refractivity contribution is 0.144. The van der Waals surface area contributed by atoms with Crippen molar-refractivity contribution in [3.05, 3.63) is 0 Å². The predicted molar refractivity (Wildman–Crippen MR) is 83.4 cm³/mol. The molecule has 0 bridgehead atoms. The van der Waals surface area contributed by atoms with Crippen LogP contribution in [-0.4, -0.2) is 37.1 Å². The van der Waals surface area contributed by atoms with Crippen molar-refractivity contribution in [1.29, 1.82) is 0 Å². The highest BCUT2D eigenvalue weighted by Crippen LogP contribution is 2.38. The highest BCUT2D eigenvalue weighted by atomic mass is 15.1. The summed E-state index contributed by atoms with van der Waals surface area (Å²) in [5, 5.41) is 3.86. The van der Waals surface area contributed by atoms with Gasteiger partial charge in [0.2, 0.25) is 0 Å². The second-order valence-electron chi connectivity index (χ2n) is 8.01. The van der Waals surface area contributed by atoms with E-state index in [2.05, 4.69) is 37.9 Å². The molecule has 0 aromatic rings. The van der Waals surface area contributed by atoms with Gasteiger partial charge in [-0.3, -0.25) is 0 Å². The minimum absolute atomic E-state index is 0.568. The topological polar surface area (TPSA) is 15.3 Å². The second-order valence-corrected chi connectivity index (χ2v) is 8.01. The molecule has 0 aromatic carbocycles. The number of nitrogens with zero attached hydrogens (tertiary/aromatic N) is 1. The van der Waals surface area contributed by atoms with Crippen molar-refractivity contribution < 1.29 is 0 Å². The quantitative estimate of drug-likeness (QED) is 0.819. The molecule has 0 radical (unpaired) electrons. The monoisotopic (exact) mass is 266 g/mol. The highest BCUT2D eigenvalue weighted by Gasteiger charge is 2.32. The molecule has 1 heterocycles. The van der Waals surface area contributed by atoms with E-state index in [4.69, 9.17) is 0 Å². The number of hydrogen-bond acceptors (Lipinski definition) is 2. The average Bonchev–Trinajstić information content (AvgIpc) is 2.79. The summed E-state index contributed by atoms with van der Waals surface area (Å²) in [7, 11) is 0. The van der Waals surface area contributed by atoms with Crippen LogP contribution in [0.1, 0.15) is 59.8 Å². The van der Waals surface area contributed by atoms with Crippen LogP contribution in [0.25, 0.3) is 0 Å². The van der Waals surface area contributed by atoms with Crippen molar-refractivity contribution in [1.82, 2.24) is 10.2 Å². The minimum atomic E-state index is 0.568. The van der Waals surface area contributed by atoms with E-state index in [1.54, 1.807) is 0 Å². The first kappa shape index (κ1) is 15.3. The van der Waals surface area contributed by atoms with Gasteiger partial charge in [0.15, 0.2) is 0 Å². The van der Waals surface area contributed by atoms with Gasteiger partial charge >= 0.3 is 0 Å². The fraction of sp³-hybridized carbons (Fsp3) is 1.00. The molecule has 19 heavy (non-hydrogen) atoms. The third-order valence-corrected chi connectivity index (χ3v) is 5.19. The molecule has 0 aromatic heterocycles. The van der Waals surface area contributed by atoms with E-state index in [1.165, 1.54) is 58.3 Å². The summed E-state index contributed by atoms with van der Waals surface area (Å²) in [6.45, 7) is 14.8. The summed E-state index contributed by atoms with van der Waals surface area (Å²) in [5.41, 5.74) is 0.568. The van der Waals surface area contributed by atoms with E-state index < -0.39 is 0 Å². The molecule has 2 aliphatic rings. The Labute approximate surface area is 120 Å². The van der Waals surface area contributed by atoms with Crippen LogP contribution in [0.2, 0.25) is 0 Å². The zero-order chi connectivity index (χ0) is 13.9. The third-order valence-electron chi connectivity index (χ3n) is 5.19. The third kappa shape index (κ3) is 4.75. The fourth-order valence-electron chi connectivity index (χ4n) is 4.07. The lowest BCUT2D eigenvalue weighted by Crippen LogP contribution is -2.44. The Morgan fingerprint density at radius 3 is 2.58 bits per heavy atom. The van der Waals surface area contributed by atoms with Crippen LogP contribution >= 0.6 is 0 Å². The molecule has 1 aliphatic heterocycles. The van der Waals surface area contributed by atoms with Crippen LogP contribution in [-0.2, 0) is 0 Å². The minimum Gasteiger partial charge on any atom is -0.313 e. The van der Waals surface area contributed by atoms with Crippen molar-refractivity contribution in [2.45, 2.75) is 65.8 Å². The summed E-state index contributed by atoms with van der Waals surface area (Å²) in [6, 6.07) is 0.758. The number of likely N-dealkylation sites (tertiary alicyclic amines) is 1.